The van der Waals surface area contributed by atoms with E-state index in [-0.39, 0.29) is 11.6 Å². The molecular weight excluding hydrogens is 424 g/mol. The number of rotatable bonds is 6. The van der Waals surface area contributed by atoms with Gasteiger partial charge in [0, 0.05) is 30.6 Å². The van der Waals surface area contributed by atoms with Crippen LogP contribution in [0.2, 0.25) is 0 Å². The molecule has 0 bridgehead atoms. The lowest BCUT2D eigenvalue weighted by Crippen LogP contribution is -2.26. The Morgan fingerprint density at radius 1 is 0.909 bits per heavy atom. The van der Waals surface area contributed by atoms with Crippen LogP contribution in [0, 0.1) is 0 Å². The van der Waals surface area contributed by atoms with Gasteiger partial charge in [-0.1, -0.05) is 0 Å². The molecule has 0 saturated heterocycles. The number of fused-ring (bicyclic) bond motifs is 1. The van der Waals surface area contributed by atoms with Crippen molar-refractivity contribution in [3.8, 4) is 22.8 Å². The van der Waals surface area contributed by atoms with Crippen LogP contribution >= 0.6 is 0 Å². The van der Waals surface area contributed by atoms with Crippen LogP contribution in [0.5, 0.6) is 11.5 Å². The second-order valence-corrected chi connectivity index (χ2v) is 7.10. The average molecular weight is 446 g/mol. The van der Waals surface area contributed by atoms with Crippen LogP contribution in [-0.2, 0) is 4.74 Å². The second-order valence-electron chi connectivity index (χ2n) is 7.10. The van der Waals surface area contributed by atoms with Crippen molar-refractivity contribution in [1.82, 2.24) is 14.6 Å². The third-order valence-electron chi connectivity index (χ3n) is 5.24. The summed E-state index contributed by atoms with van der Waals surface area (Å²) in [7, 11) is 6.11. The average Bonchev–Trinajstić information content (AvgIpc) is 3.31. The minimum atomic E-state index is -0.440. The maximum absolute atomic E-state index is 13.1. The van der Waals surface area contributed by atoms with Crippen molar-refractivity contribution in [2.45, 2.75) is 0 Å². The van der Waals surface area contributed by atoms with Crippen molar-refractivity contribution in [3.63, 3.8) is 0 Å². The fraction of sp³-hybridized carbons (Fsp3) is 0.167. The molecular formula is C24H22N4O5. The van der Waals surface area contributed by atoms with Gasteiger partial charge in [-0.15, -0.1) is 0 Å². The van der Waals surface area contributed by atoms with Crippen LogP contribution in [0.15, 0.2) is 60.8 Å². The van der Waals surface area contributed by atoms with Gasteiger partial charge in [-0.25, -0.2) is 14.3 Å². The summed E-state index contributed by atoms with van der Waals surface area (Å²) >= 11 is 0. The SMILES string of the molecule is COC(=O)c1ccc(N(C)C(=O)c2cc3nccc(-c4ccc(OC)c(OC)c4)n3n2)cc1. The van der Waals surface area contributed by atoms with E-state index >= 15 is 0 Å². The van der Waals surface area contributed by atoms with Gasteiger partial charge in [0.25, 0.3) is 5.91 Å². The number of carbonyl (C=O) groups is 2. The molecule has 0 aliphatic rings. The molecule has 4 aromatic rings. The van der Waals surface area contributed by atoms with Crippen LogP contribution < -0.4 is 14.4 Å². The van der Waals surface area contributed by atoms with Gasteiger partial charge in [-0.05, 0) is 48.5 Å². The highest BCUT2D eigenvalue weighted by Crippen LogP contribution is 2.32. The zero-order chi connectivity index (χ0) is 23.5. The number of aromatic nitrogens is 3. The molecule has 0 spiro atoms. The summed E-state index contributed by atoms with van der Waals surface area (Å²) in [6.07, 6.45) is 1.66. The van der Waals surface area contributed by atoms with E-state index in [1.807, 2.05) is 24.3 Å². The lowest BCUT2D eigenvalue weighted by atomic mass is 10.1. The van der Waals surface area contributed by atoms with E-state index in [1.54, 1.807) is 62.3 Å². The number of carbonyl (C=O) groups excluding carboxylic acids is 2. The van der Waals surface area contributed by atoms with Gasteiger partial charge in [0.1, 0.15) is 0 Å². The van der Waals surface area contributed by atoms with Crippen molar-refractivity contribution in [2.24, 2.45) is 0 Å². The van der Waals surface area contributed by atoms with Crippen molar-refractivity contribution < 1.29 is 23.8 Å². The molecule has 0 atom stereocenters. The predicted octanol–water partition coefficient (Wildman–Crippen LogP) is 3.48. The molecule has 9 nitrogen and oxygen atoms in total. The first-order valence-corrected chi connectivity index (χ1v) is 10.0. The number of anilines is 1. The van der Waals surface area contributed by atoms with Gasteiger partial charge in [0.05, 0.1) is 32.6 Å². The molecule has 2 aromatic heterocycles. The fourth-order valence-corrected chi connectivity index (χ4v) is 3.44. The normalized spacial score (nSPS) is 10.7. The van der Waals surface area contributed by atoms with Crippen molar-refractivity contribution >= 4 is 23.2 Å². The quantitative estimate of drug-likeness (QED) is 0.419. The third kappa shape index (κ3) is 4.08. The van der Waals surface area contributed by atoms with E-state index in [9.17, 15) is 9.59 Å². The molecule has 0 saturated carbocycles. The Kier molecular flexibility index (Phi) is 5.95. The topological polar surface area (TPSA) is 95.3 Å². The Hall–Kier alpha value is -4.40. The highest BCUT2D eigenvalue weighted by molar-refractivity contribution is 6.05. The first-order valence-electron chi connectivity index (χ1n) is 10.0. The molecule has 0 aliphatic carbocycles. The van der Waals surface area contributed by atoms with Crippen LogP contribution in [0.4, 0.5) is 5.69 Å². The zero-order valence-electron chi connectivity index (χ0n) is 18.6. The molecule has 0 radical (unpaired) electrons. The molecule has 2 heterocycles. The number of methoxy groups -OCH3 is 3. The Labute approximate surface area is 190 Å². The Balaban J connectivity index is 1.67. The van der Waals surface area contributed by atoms with Crippen molar-refractivity contribution in [1.29, 1.82) is 0 Å². The smallest absolute Gasteiger partial charge is 0.337 e. The van der Waals surface area contributed by atoms with E-state index in [2.05, 4.69) is 10.1 Å². The van der Waals surface area contributed by atoms with Gasteiger partial charge >= 0.3 is 5.97 Å². The first-order chi connectivity index (χ1) is 16.0. The highest BCUT2D eigenvalue weighted by Gasteiger charge is 2.20. The minimum absolute atomic E-state index is 0.231. The predicted molar refractivity (Wildman–Crippen MR) is 122 cm³/mol. The van der Waals surface area contributed by atoms with Gasteiger partial charge in [0.2, 0.25) is 0 Å². The molecule has 0 fully saturated rings. The van der Waals surface area contributed by atoms with Gasteiger partial charge in [-0.2, -0.15) is 5.10 Å². The van der Waals surface area contributed by atoms with E-state index in [1.165, 1.54) is 12.0 Å². The lowest BCUT2D eigenvalue weighted by Gasteiger charge is -2.16. The maximum Gasteiger partial charge on any atom is 0.337 e. The molecule has 33 heavy (non-hydrogen) atoms. The summed E-state index contributed by atoms with van der Waals surface area (Å²) < 4.78 is 17.0. The van der Waals surface area contributed by atoms with Crippen LogP contribution in [0.25, 0.3) is 16.9 Å². The van der Waals surface area contributed by atoms with Gasteiger partial charge in [0.15, 0.2) is 22.8 Å². The fourth-order valence-electron chi connectivity index (χ4n) is 3.44. The summed E-state index contributed by atoms with van der Waals surface area (Å²) in [5.41, 5.74) is 3.34. The number of amides is 1. The van der Waals surface area contributed by atoms with Gasteiger partial charge in [-0.3, -0.25) is 4.79 Å². The molecule has 0 unspecified atom stereocenters. The third-order valence-corrected chi connectivity index (χ3v) is 5.24. The number of esters is 1. The number of hydrogen-bond donors (Lipinski definition) is 0. The molecule has 4 rings (SSSR count). The Morgan fingerprint density at radius 2 is 1.64 bits per heavy atom. The van der Waals surface area contributed by atoms with Crippen LogP contribution in [0.1, 0.15) is 20.8 Å². The Bertz CT molecular complexity index is 1330. The second kappa shape index (κ2) is 8.99. The van der Waals surface area contributed by atoms with E-state index in [0.717, 1.165) is 11.3 Å². The lowest BCUT2D eigenvalue weighted by molar-refractivity contribution is 0.0600. The molecule has 2 aromatic carbocycles. The summed E-state index contributed by atoms with van der Waals surface area (Å²) in [5, 5.41) is 4.51. The molecule has 168 valence electrons. The zero-order valence-corrected chi connectivity index (χ0v) is 18.6. The number of ether oxygens (including phenoxy) is 3. The van der Waals surface area contributed by atoms with Crippen molar-refractivity contribution in [2.75, 3.05) is 33.3 Å². The highest BCUT2D eigenvalue weighted by atomic mass is 16.5. The molecule has 1 amide bonds. The van der Waals surface area contributed by atoms with E-state index < -0.39 is 5.97 Å². The van der Waals surface area contributed by atoms with Crippen LogP contribution in [0.3, 0.4) is 0 Å². The Morgan fingerprint density at radius 3 is 2.30 bits per heavy atom. The number of benzene rings is 2. The molecule has 9 heteroatoms. The molecule has 0 N–H and O–H groups in total. The van der Waals surface area contributed by atoms with Crippen molar-refractivity contribution in [3.05, 3.63) is 72.1 Å². The molecule has 0 aliphatic heterocycles. The number of nitrogens with zero attached hydrogens (tertiary/aromatic N) is 4. The largest absolute Gasteiger partial charge is 0.493 e. The minimum Gasteiger partial charge on any atom is -0.493 e. The summed E-state index contributed by atoms with van der Waals surface area (Å²) in [6.45, 7) is 0. The standard InChI is InChI=1S/C24H22N4O5/c1-27(17-8-5-15(6-9-17)24(30)33-4)23(29)18-14-22-25-12-11-19(28(22)26-18)16-7-10-20(31-2)21(13-16)32-3/h5-14H,1-4H3. The van der Waals surface area contributed by atoms with E-state index in [0.29, 0.717) is 28.4 Å². The summed E-state index contributed by atoms with van der Waals surface area (Å²) in [5.74, 6) is 0.440. The maximum atomic E-state index is 13.1. The number of hydrogen-bond acceptors (Lipinski definition) is 7. The van der Waals surface area contributed by atoms with Crippen LogP contribution in [-0.4, -0.2) is 54.9 Å². The van der Waals surface area contributed by atoms with Gasteiger partial charge < -0.3 is 19.1 Å². The van der Waals surface area contributed by atoms with E-state index in [4.69, 9.17) is 14.2 Å². The first kappa shape index (κ1) is 21.8. The summed E-state index contributed by atoms with van der Waals surface area (Å²) in [6, 6.07) is 15.5. The summed E-state index contributed by atoms with van der Waals surface area (Å²) in [4.78, 5) is 30.6. The monoisotopic (exact) mass is 446 g/mol.